The van der Waals surface area contributed by atoms with Crippen molar-refractivity contribution in [3.8, 4) is 0 Å². The van der Waals surface area contributed by atoms with Crippen molar-refractivity contribution in [1.29, 1.82) is 0 Å². The molecule has 3 rings (SSSR count). The molecular formula is C17H24BrFN2. The van der Waals surface area contributed by atoms with E-state index in [1.165, 1.54) is 37.7 Å². The van der Waals surface area contributed by atoms with Crippen LogP contribution >= 0.6 is 15.9 Å². The molecule has 2 saturated heterocycles. The Hall–Kier alpha value is -0.610. The molecule has 116 valence electrons. The first kappa shape index (κ1) is 15.3. The molecule has 0 radical (unpaired) electrons. The minimum atomic E-state index is -0.150. The minimum Gasteiger partial charge on any atom is -0.365 e. The lowest BCUT2D eigenvalue weighted by molar-refractivity contribution is 0.247. The second-order valence-corrected chi connectivity index (χ2v) is 7.28. The first-order valence-corrected chi connectivity index (χ1v) is 8.86. The number of hydrogen-bond acceptors (Lipinski definition) is 2. The van der Waals surface area contributed by atoms with Gasteiger partial charge in [0.1, 0.15) is 5.82 Å². The summed E-state index contributed by atoms with van der Waals surface area (Å²) in [7, 11) is 0. The van der Waals surface area contributed by atoms with E-state index in [0.29, 0.717) is 22.6 Å². The molecule has 2 nitrogen and oxygen atoms in total. The van der Waals surface area contributed by atoms with Gasteiger partial charge >= 0.3 is 0 Å². The van der Waals surface area contributed by atoms with Crippen LogP contribution in [0.15, 0.2) is 16.6 Å². The van der Waals surface area contributed by atoms with E-state index in [1.54, 1.807) is 6.07 Å². The molecule has 2 unspecified atom stereocenters. The summed E-state index contributed by atoms with van der Waals surface area (Å²) < 4.78 is 14.6. The molecule has 0 aromatic heterocycles. The Bertz CT molecular complexity index is 506. The lowest BCUT2D eigenvalue weighted by atomic mass is 9.81. The van der Waals surface area contributed by atoms with Gasteiger partial charge in [0.25, 0.3) is 0 Å². The maximum atomic E-state index is 14.0. The van der Waals surface area contributed by atoms with Crippen molar-refractivity contribution in [1.82, 2.24) is 5.32 Å². The zero-order valence-electron chi connectivity index (χ0n) is 12.8. The SMILES string of the molecule is CCNC1CC2CCCC(C1)N2c1cc(F)c(Br)cc1C. The number of fused-ring (bicyclic) bond motifs is 2. The molecule has 1 aromatic rings. The summed E-state index contributed by atoms with van der Waals surface area (Å²) in [6.07, 6.45) is 6.14. The maximum absolute atomic E-state index is 14.0. The van der Waals surface area contributed by atoms with E-state index in [4.69, 9.17) is 0 Å². The van der Waals surface area contributed by atoms with Crippen molar-refractivity contribution >= 4 is 21.6 Å². The van der Waals surface area contributed by atoms with Crippen LogP contribution in [0.3, 0.4) is 0 Å². The summed E-state index contributed by atoms with van der Waals surface area (Å²) in [6, 6.07) is 5.37. The third-order valence-electron chi connectivity index (χ3n) is 4.98. The summed E-state index contributed by atoms with van der Waals surface area (Å²) >= 11 is 3.29. The standard InChI is InChI=1S/C17H24BrFN2/c1-3-20-12-8-13-5-4-6-14(9-12)21(13)17-10-16(19)15(18)7-11(17)2/h7,10,12-14,20H,3-6,8-9H2,1-2H3. The largest absolute Gasteiger partial charge is 0.365 e. The normalized spacial score (nSPS) is 28.8. The number of benzene rings is 1. The topological polar surface area (TPSA) is 15.3 Å². The average molecular weight is 355 g/mol. The Morgan fingerprint density at radius 1 is 1.29 bits per heavy atom. The van der Waals surface area contributed by atoms with E-state index in [1.807, 2.05) is 6.07 Å². The molecule has 21 heavy (non-hydrogen) atoms. The van der Waals surface area contributed by atoms with Crippen LogP contribution in [-0.4, -0.2) is 24.7 Å². The fraction of sp³-hybridized carbons (Fsp3) is 0.647. The zero-order valence-corrected chi connectivity index (χ0v) is 14.4. The molecule has 0 aliphatic carbocycles. The van der Waals surface area contributed by atoms with Gasteiger partial charge in [-0.2, -0.15) is 0 Å². The number of piperidine rings is 2. The summed E-state index contributed by atoms with van der Waals surface area (Å²) in [5, 5.41) is 3.61. The fourth-order valence-electron chi connectivity index (χ4n) is 4.14. The van der Waals surface area contributed by atoms with Crippen LogP contribution in [0.1, 0.15) is 44.6 Å². The average Bonchev–Trinajstić information content (AvgIpc) is 2.42. The van der Waals surface area contributed by atoms with Gasteiger partial charge in [-0.05, 0) is 79.2 Å². The molecular weight excluding hydrogens is 331 g/mol. The van der Waals surface area contributed by atoms with Crippen LogP contribution < -0.4 is 10.2 Å². The molecule has 2 atom stereocenters. The predicted molar refractivity (Wildman–Crippen MR) is 89.4 cm³/mol. The van der Waals surface area contributed by atoms with E-state index in [-0.39, 0.29) is 5.82 Å². The zero-order chi connectivity index (χ0) is 15.0. The first-order chi connectivity index (χ1) is 10.1. The van der Waals surface area contributed by atoms with Crippen LogP contribution in [0.5, 0.6) is 0 Å². The van der Waals surface area contributed by atoms with Gasteiger partial charge in [0, 0.05) is 23.8 Å². The number of nitrogens with zero attached hydrogens (tertiary/aromatic N) is 1. The maximum Gasteiger partial charge on any atom is 0.139 e. The smallest absolute Gasteiger partial charge is 0.139 e. The Kier molecular flexibility index (Phi) is 4.55. The number of aryl methyl sites for hydroxylation is 1. The summed E-state index contributed by atoms with van der Waals surface area (Å²) in [4.78, 5) is 2.52. The predicted octanol–water partition coefficient (Wildman–Crippen LogP) is 4.40. The van der Waals surface area contributed by atoms with Gasteiger partial charge in [-0.3, -0.25) is 0 Å². The molecule has 2 aliphatic rings. The number of nitrogens with one attached hydrogen (secondary N) is 1. The van der Waals surface area contributed by atoms with Crippen molar-refractivity contribution in [3.63, 3.8) is 0 Å². The number of hydrogen-bond donors (Lipinski definition) is 1. The molecule has 0 spiro atoms. The van der Waals surface area contributed by atoms with Gasteiger partial charge in [0.05, 0.1) is 4.47 Å². The van der Waals surface area contributed by atoms with Crippen molar-refractivity contribution < 1.29 is 4.39 Å². The van der Waals surface area contributed by atoms with Gasteiger partial charge in [0.2, 0.25) is 0 Å². The van der Waals surface area contributed by atoms with Crippen LogP contribution in [0.4, 0.5) is 10.1 Å². The number of rotatable bonds is 3. The van der Waals surface area contributed by atoms with E-state index in [0.717, 1.165) is 12.2 Å². The van der Waals surface area contributed by atoms with Crippen LogP contribution in [0, 0.1) is 12.7 Å². The van der Waals surface area contributed by atoms with Gasteiger partial charge in [-0.15, -0.1) is 0 Å². The molecule has 0 amide bonds. The Labute approximate surface area is 135 Å². The summed E-state index contributed by atoms with van der Waals surface area (Å²) in [6.45, 7) is 5.30. The van der Waals surface area contributed by atoms with E-state index in [2.05, 4.69) is 40.0 Å². The lowest BCUT2D eigenvalue weighted by Gasteiger charge is -2.51. The van der Waals surface area contributed by atoms with Gasteiger partial charge in [0.15, 0.2) is 0 Å². The Morgan fingerprint density at radius 2 is 1.95 bits per heavy atom. The highest BCUT2D eigenvalue weighted by Crippen LogP contribution is 2.40. The second-order valence-electron chi connectivity index (χ2n) is 6.42. The van der Waals surface area contributed by atoms with Crippen molar-refractivity contribution in [3.05, 3.63) is 28.0 Å². The molecule has 2 bridgehead atoms. The van der Waals surface area contributed by atoms with Gasteiger partial charge in [-0.1, -0.05) is 6.92 Å². The van der Waals surface area contributed by atoms with Gasteiger partial charge in [-0.25, -0.2) is 4.39 Å². The fourth-order valence-corrected chi connectivity index (χ4v) is 4.60. The van der Waals surface area contributed by atoms with E-state index in [9.17, 15) is 4.39 Å². The second kappa shape index (κ2) is 6.25. The Morgan fingerprint density at radius 3 is 2.57 bits per heavy atom. The van der Waals surface area contributed by atoms with Crippen molar-refractivity contribution in [2.24, 2.45) is 0 Å². The van der Waals surface area contributed by atoms with E-state index >= 15 is 0 Å². The van der Waals surface area contributed by atoms with Crippen LogP contribution in [-0.2, 0) is 0 Å². The summed E-state index contributed by atoms with van der Waals surface area (Å²) in [5.41, 5.74) is 2.27. The molecule has 1 aromatic carbocycles. The first-order valence-electron chi connectivity index (χ1n) is 8.07. The molecule has 0 saturated carbocycles. The molecule has 2 heterocycles. The quantitative estimate of drug-likeness (QED) is 0.865. The van der Waals surface area contributed by atoms with Crippen molar-refractivity contribution in [2.45, 2.75) is 64.1 Å². The number of anilines is 1. The highest BCUT2D eigenvalue weighted by atomic mass is 79.9. The molecule has 4 heteroatoms. The summed E-state index contributed by atoms with van der Waals surface area (Å²) in [5.74, 6) is -0.150. The molecule has 2 fully saturated rings. The molecule has 1 N–H and O–H groups in total. The third-order valence-corrected chi connectivity index (χ3v) is 5.59. The third kappa shape index (κ3) is 2.98. The van der Waals surface area contributed by atoms with Crippen LogP contribution in [0.25, 0.3) is 0 Å². The highest BCUT2D eigenvalue weighted by Gasteiger charge is 2.38. The minimum absolute atomic E-state index is 0.150. The van der Waals surface area contributed by atoms with Gasteiger partial charge < -0.3 is 10.2 Å². The van der Waals surface area contributed by atoms with E-state index < -0.39 is 0 Å². The van der Waals surface area contributed by atoms with Crippen LogP contribution in [0.2, 0.25) is 0 Å². The number of halogens is 2. The molecule has 2 aliphatic heterocycles. The highest BCUT2D eigenvalue weighted by molar-refractivity contribution is 9.10. The lowest BCUT2D eigenvalue weighted by Crippen LogP contribution is -2.56. The van der Waals surface area contributed by atoms with Crippen molar-refractivity contribution in [2.75, 3.05) is 11.4 Å². The monoisotopic (exact) mass is 354 g/mol. The Balaban J connectivity index is 1.90.